The van der Waals surface area contributed by atoms with Gasteiger partial charge in [-0.2, -0.15) is 0 Å². The summed E-state index contributed by atoms with van der Waals surface area (Å²) in [6.07, 6.45) is -0.0323. The molecule has 0 radical (unpaired) electrons. The van der Waals surface area contributed by atoms with E-state index in [4.69, 9.17) is 9.84 Å². The Morgan fingerprint density at radius 3 is 2.45 bits per heavy atom. The highest BCUT2D eigenvalue weighted by molar-refractivity contribution is 7.82. The maximum absolute atomic E-state index is 12.6. The van der Waals surface area contributed by atoms with Crippen LogP contribution in [-0.2, 0) is 15.8 Å². The number of aryl methyl sites for hydroxylation is 1. The van der Waals surface area contributed by atoms with Crippen molar-refractivity contribution >= 4 is 17.0 Å². The molecule has 1 unspecified atom stereocenters. The highest BCUT2D eigenvalue weighted by atomic mass is 32.2. The predicted molar refractivity (Wildman–Crippen MR) is 78.5 cm³/mol. The Morgan fingerprint density at radius 1 is 1.35 bits per heavy atom. The normalized spacial score (nSPS) is 12.5. The van der Waals surface area contributed by atoms with E-state index in [9.17, 15) is 9.00 Å². The second-order valence-corrected chi connectivity index (χ2v) is 6.25. The third kappa shape index (κ3) is 3.58. The molecule has 1 N–H and O–H groups in total. The lowest BCUT2D eigenvalue weighted by Gasteiger charge is -2.20. The van der Waals surface area contributed by atoms with Gasteiger partial charge in [-0.05, 0) is 43.5 Å². The number of carbonyl (C=O) groups is 1. The highest BCUT2D eigenvalue weighted by Crippen LogP contribution is 2.30. The van der Waals surface area contributed by atoms with Gasteiger partial charge in [-0.15, -0.1) is 0 Å². The van der Waals surface area contributed by atoms with Crippen molar-refractivity contribution in [1.29, 1.82) is 0 Å². The molecule has 0 bridgehead atoms. The first kappa shape index (κ1) is 16.7. The SMILES string of the molecule is COc1cc(C)c(S(=O)N(C)CCC(=O)O)c(C)c1C. The number of benzene rings is 1. The van der Waals surface area contributed by atoms with Gasteiger partial charge in [0.25, 0.3) is 0 Å². The van der Waals surface area contributed by atoms with E-state index < -0.39 is 17.0 Å². The molecule has 20 heavy (non-hydrogen) atoms. The van der Waals surface area contributed by atoms with E-state index in [0.717, 1.165) is 27.3 Å². The van der Waals surface area contributed by atoms with Crippen LogP contribution in [0.2, 0.25) is 0 Å². The van der Waals surface area contributed by atoms with Crippen LogP contribution in [0.25, 0.3) is 0 Å². The fourth-order valence-corrected chi connectivity index (χ4v) is 3.31. The van der Waals surface area contributed by atoms with Crippen LogP contribution in [0.3, 0.4) is 0 Å². The molecule has 6 heteroatoms. The van der Waals surface area contributed by atoms with Gasteiger partial charge in [-0.25, -0.2) is 8.51 Å². The standard InChI is InChI=1S/C14H21NO4S/c1-9-8-12(19-5)10(2)11(3)14(9)20(18)15(4)7-6-13(16)17/h8H,6-7H2,1-5H3,(H,16,17). The van der Waals surface area contributed by atoms with Crippen LogP contribution in [0, 0.1) is 20.8 Å². The quantitative estimate of drug-likeness (QED) is 0.873. The van der Waals surface area contributed by atoms with Gasteiger partial charge >= 0.3 is 5.97 Å². The average molecular weight is 299 g/mol. The number of ether oxygens (including phenoxy) is 1. The Balaban J connectivity index is 3.10. The summed E-state index contributed by atoms with van der Waals surface area (Å²) >= 11 is 0. The lowest BCUT2D eigenvalue weighted by atomic mass is 10.1. The molecule has 0 heterocycles. The Morgan fingerprint density at radius 2 is 1.95 bits per heavy atom. The minimum Gasteiger partial charge on any atom is -0.496 e. The number of carboxylic acids is 1. The second kappa shape index (κ2) is 6.85. The summed E-state index contributed by atoms with van der Waals surface area (Å²) in [7, 11) is 1.90. The van der Waals surface area contributed by atoms with E-state index in [1.807, 2.05) is 26.8 Å². The van der Waals surface area contributed by atoms with Crippen LogP contribution in [0.1, 0.15) is 23.1 Å². The molecule has 0 saturated carbocycles. The van der Waals surface area contributed by atoms with Crippen molar-refractivity contribution < 1.29 is 18.8 Å². The molecule has 5 nitrogen and oxygen atoms in total. The van der Waals surface area contributed by atoms with Gasteiger partial charge in [0.15, 0.2) is 0 Å². The Hall–Kier alpha value is -1.40. The molecule has 0 saturated heterocycles. The largest absolute Gasteiger partial charge is 0.496 e. The summed E-state index contributed by atoms with van der Waals surface area (Å²) in [6.45, 7) is 5.95. The van der Waals surface area contributed by atoms with Crippen LogP contribution >= 0.6 is 0 Å². The van der Waals surface area contributed by atoms with Crippen molar-refractivity contribution in [3.8, 4) is 5.75 Å². The number of methoxy groups -OCH3 is 1. The minimum atomic E-state index is -1.37. The van der Waals surface area contributed by atoms with Gasteiger partial charge in [0.05, 0.1) is 18.4 Å². The summed E-state index contributed by atoms with van der Waals surface area (Å²) in [5.41, 5.74) is 2.75. The van der Waals surface area contributed by atoms with Crippen molar-refractivity contribution in [2.24, 2.45) is 0 Å². The topological polar surface area (TPSA) is 66.8 Å². The Labute approximate surface area is 122 Å². The number of carboxylic acid groups (broad SMARTS) is 1. The molecule has 1 aromatic carbocycles. The predicted octanol–water partition coefficient (Wildman–Crippen LogP) is 2.05. The van der Waals surface area contributed by atoms with Gasteiger partial charge in [0.2, 0.25) is 0 Å². The fourth-order valence-electron chi connectivity index (χ4n) is 1.99. The summed E-state index contributed by atoms with van der Waals surface area (Å²) in [5.74, 6) is -0.123. The molecule has 1 aromatic rings. The molecular weight excluding hydrogens is 278 g/mol. The van der Waals surface area contributed by atoms with E-state index in [0.29, 0.717) is 0 Å². The summed E-state index contributed by atoms with van der Waals surface area (Å²) in [6, 6.07) is 1.86. The Bertz CT molecular complexity index is 542. The van der Waals surface area contributed by atoms with Crippen molar-refractivity contribution in [3.05, 3.63) is 22.8 Å². The third-order valence-corrected chi connectivity index (χ3v) is 5.02. The van der Waals surface area contributed by atoms with E-state index in [2.05, 4.69) is 0 Å². The average Bonchev–Trinajstić information content (AvgIpc) is 2.39. The van der Waals surface area contributed by atoms with Crippen LogP contribution < -0.4 is 4.74 Å². The summed E-state index contributed by atoms with van der Waals surface area (Å²) < 4.78 is 19.4. The van der Waals surface area contributed by atoms with E-state index in [-0.39, 0.29) is 13.0 Å². The molecule has 0 amide bonds. The molecule has 0 aliphatic heterocycles. The zero-order valence-electron chi connectivity index (χ0n) is 12.5. The Kier molecular flexibility index (Phi) is 5.71. The van der Waals surface area contributed by atoms with E-state index in [1.165, 1.54) is 0 Å². The van der Waals surface area contributed by atoms with Gasteiger partial charge in [-0.1, -0.05) is 0 Å². The molecule has 0 aromatic heterocycles. The lowest BCUT2D eigenvalue weighted by Crippen LogP contribution is -2.25. The second-order valence-electron chi connectivity index (χ2n) is 4.72. The maximum Gasteiger partial charge on any atom is 0.304 e. The van der Waals surface area contributed by atoms with Crippen molar-refractivity contribution in [3.63, 3.8) is 0 Å². The van der Waals surface area contributed by atoms with Crippen molar-refractivity contribution in [1.82, 2.24) is 4.31 Å². The van der Waals surface area contributed by atoms with Gasteiger partial charge in [0.1, 0.15) is 16.7 Å². The molecule has 1 atom stereocenters. The van der Waals surface area contributed by atoms with E-state index >= 15 is 0 Å². The van der Waals surface area contributed by atoms with Crippen LogP contribution in [0.15, 0.2) is 11.0 Å². The monoisotopic (exact) mass is 299 g/mol. The van der Waals surface area contributed by atoms with Gasteiger partial charge < -0.3 is 9.84 Å². The molecule has 0 aliphatic carbocycles. The molecule has 0 fully saturated rings. The molecule has 0 spiro atoms. The summed E-state index contributed by atoms with van der Waals surface area (Å²) in [4.78, 5) is 11.3. The minimum absolute atomic E-state index is 0.0323. The van der Waals surface area contributed by atoms with E-state index in [1.54, 1.807) is 18.5 Å². The van der Waals surface area contributed by atoms with Crippen molar-refractivity contribution in [2.45, 2.75) is 32.1 Å². The number of hydrogen-bond acceptors (Lipinski definition) is 3. The molecule has 112 valence electrons. The first-order valence-corrected chi connectivity index (χ1v) is 7.39. The summed E-state index contributed by atoms with van der Waals surface area (Å²) in [5, 5.41) is 8.69. The van der Waals surface area contributed by atoms with Crippen molar-refractivity contribution in [2.75, 3.05) is 20.7 Å². The first-order valence-electron chi connectivity index (χ1n) is 6.29. The maximum atomic E-state index is 12.6. The zero-order valence-corrected chi connectivity index (χ0v) is 13.3. The smallest absolute Gasteiger partial charge is 0.304 e. The van der Waals surface area contributed by atoms with Crippen LogP contribution in [0.5, 0.6) is 5.75 Å². The number of rotatable bonds is 6. The molecule has 1 rings (SSSR count). The van der Waals surface area contributed by atoms with Gasteiger partial charge in [-0.3, -0.25) is 4.79 Å². The number of hydrogen-bond donors (Lipinski definition) is 1. The first-order chi connectivity index (χ1) is 9.29. The third-order valence-electron chi connectivity index (χ3n) is 3.30. The molecular formula is C14H21NO4S. The number of aliphatic carboxylic acids is 1. The van der Waals surface area contributed by atoms with Gasteiger partial charge in [0, 0.05) is 13.6 Å². The zero-order chi connectivity index (χ0) is 15.4. The lowest BCUT2D eigenvalue weighted by molar-refractivity contribution is -0.137. The van der Waals surface area contributed by atoms with Crippen LogP contribution in [-0.4, -0.2) is 40.3 Å². The molecule has 0 aliphatic rings. The number of nitrogens with zero attached hydrogens (tertiary/aromatic N) is 1. The fraction of sp³-hybridized carbons (Fsp3) is 0.500. The van der Waals surface area contributed by atoms with Crippen LogP contribution in [0.4, 0.5) is 0 Å². The highest BCUT2D eigenvalue weighted by Gasteiger charge is 2.19.